The van der Waals surface area contributed by atoms with E-state index in [-0.39, 0.29) is 11.3 Å². The predicted molar refractivity (Wildman–Crippen MR) is 105 cm³/mol. The summed E-state index contributed by atoms with van der Waals surface area (Å²) in [5, 5.41) is 7.12. The number of carboxylic acid groups (broad SMARTS) is 1. The second-order valence-electron chi connectivity index (χ2n) is 8.01. The average Bonchev–Trinajstić information content (AvgIpc) is 3.43. The number of furan rings is 2. The van der Waals surface area contributed by atoms with Crippen molar-refractivity contribution in [2.45, 2.75) is 26.1 Å². The minimum Gasteiger partial charge on any atom is -0.475 e. The third-order valence-electron chi connectivity index (χ3n) is 5.54. The van der Waals surface area contributed by atoms with E-state index in [9.17, 15) is 18.0 Å². The number of likely N-dealkylation sites (tertiary alicyclic amines) is 1. The number of aliphatic carboxylic acids is 1. The number of hydrogen-bond acceptors (Lipinski definition) is 6. The molecule has 2 saturated heterocycles. The zero-order chi connectivity index (χ0) is 23.4. The molecule has 11 heteroatoms. The smallest absolute Gasteiger partial charge is 0.475 e. The highest BCUT2D eigenvalue weighted by Gasteiger charge is 2.42. The van der Waals surface area contributed by atoms with Crippen LogP contribution >= 0.6 is 0 Å². The summed E-state index contributed by atoms with van der Waals surface area (Å²) in [6.07, 6.45) is -0.765. The Kier molecular flexibility index (Phi) is 7.29. The van der Waals surface area contributed by atoms with Gasteiger partial charge in [-0.2, -0.15) is 13.2 Å². The van der Waals surface area contributed by atoms with E-state index in [1.54, 1.807) is 18.6 Å². The Morgan fingerprint density at radius 1 is 1.16 bits per heavy atom. The lowest BCUT2D eigenvalue weighted by molar-refractivity contribution is -0.192. The van der Waals surface area contributed by atoms with Gasteiger partial charge in [0.1, 0.15) is 11.5 Å². The van der Waals surface area contributed by atoms with Gasteiger partial charge in [0, 0.05) is 25.0 Å². The molecule has 0 radical (unpaired) electrons. The molecule has 32 heavy (non-hydrogen) atoms. The molecule has 0 aliphatic carbocycles. The molecule has 8 nitrogen and oxygen atoms in total. The molecule has 1 N–H and O–H groups in total. The lowest BCUT2D eigenvalue weighted by Crippen LogP contribution is -2.43. The number of ether oxygens (including phenoxy) is 1. The fourth-order valence-corrected chi connectivity index (χ4v) is 3.98. The Hall–Kier alpha value is -2.79. The van der Waals surface area contributed by atoms with Gasteiger partial charge in [-0.25, -0.2) is 4.79 Å². The van der Waals surface area contributed by atoms with Gasteiger partial charge >= 0.3 is 12.1 Å². The van der Waals surface area contributed by atoms with Crippen LogP contribution in [-0.4, -0.2) is 72.4 Å². The number of nitrogens with zero attached hydrogens (tertiary/aromatic N) is 2. The Morgan fingerprint density at radius 3 is 2.50 bits per heavy atom. The normalized spacial score (nSPS) is 21.8. The molecule has 2 aliphatic rings. The van der Waals surface area contributed by atoms with E-state index >= 15 is 0 Å². The highest BCUT2D eigenvalue weighted by atomic mass is 19.4. The molecule has 0 bridgehead atoms. The second-order valence-corrected chi connectivity index (χ2v) is 8.01. The van der Waals surface area contributed by atoms with Crippen LogP contribution in [0.1, 0.15) is 28.3 Å². The maximum Gasteiger partial charge on any atom is 0.490 e. The third kappa shape index (κ3) is 5.92. The molecule has 2 aliphatic heterocycles. The summed E-state index contributed by atoms with van der Waals surface area (Å²) in [6.45, 7) is 7.20. The number of halogens is 3. The van der Waals surface area contributed by atoms with Gasteiger partial charge in [-0.1, -0.05) is 0 Å². The Bertz CT molecular complexity index is 911. The summed E-state index contributed by atoms with van der Waals surface area (Å²) in [7, 11) is 0. The van der Waals surface area contributed by atoms with Crippen LogP contribution in [0.4, 0.5) is 13.2 Å². The van der Waals surface area contributed by atoms with Crippen LogP contribution in [0, 0.1) is 12.3 Å². The number of carbonyl (C=O) groups is 2. The number of rotatable bonds is 3. The number of amides is 1. The lowest BCUT2D eigenvalue weighted by Gasteiger charge is -2.31. The fraction of sp³-hybridized carbons (Fsp3) is 0.524. The van der Waals surface area contributed by atoms with Crippen LogP contribution in [0.2, 0.25) is 0 Å². The second kappa shape index (κ2) is 9.78. The molecule has 2 aromatic heterocycles. The molecule has 1 atom stereocenters. The van der Waals surface area contributed by atoms with E-state index in [4.69, 9.17) is 23.5 Å². The van der Waals surface area contributed by atoms with Gasteiger partial charge < -0.3 is 23.6 Å². The van der Waals surface area contributed by atoms with E-state index < -0.39 is 12.1 Å². The first-order chi connectivity index (χ1) is 15.1. The van der Waals surface area contributed by atoms with Gasteiger partial charge in [0.25, 0.3) is 5.91 Å². The molecule has 1 unspecified atom stereocenters. The van der Waals surface area contributed by atoms with Gasteiger partial charge in [0.2, 0.25) is 0 Å². The van der Waals surface area contributed by atoms with E-state index in [0.29, 0.717) is 31.1 Å². The molecule has 4 rings (SSSR count). The van der Waals surface area contributed by atoms with Crippen molar-refractivity contribution < 1.29 is 41.4 Å². The van der Waals surface area contributed by atoms with Crippen molar-refractivity contribution in [3.8, 4) is 0 Å². The molecular formula is C21H25F3N2O6. The summed E-state index contributed by atoms with van der Waals surface area (Å²) in [4.78, 5) is 26.1. The van der Waals surface area contributed by atoms with Crippen molar-refractivity contribution in [3.63, 3.8) is 0 Å². The highest BCUT2D eigenvalue weighted by molar-refractivity contribution is 5.95. The summed E-state index contributed by atoms with van der Waals surface area (Å²) in [5.41, 5.74) is 0.652. The van der Waals surface area contributed by atoms with Crippen molar-refractivity contribution in [3.05, 3.63) is 47.8 Å². The number of carbonyl (C=O) groups excluding carboxylic acids is 1. The highest BCUT2D eigenvalue weighted by Crippen LogP contribution is 2.34. The van der Waals surface area contributed by atoms with E-state index in [0.717, 1.165) is 38.4 Å². The molecule has 0 aromatic carbocycles. The fourth-order valence-electron chi connectivity index (χ4n) is 3.98. The number of hydrogen-bond donors (Lipinski definition) is 1. The van der Waals surface area contributed by atoms with Gasteiger partial charge in [-0.05, 0) is 38.1 Å². The Labute approximate surface area is 182 Å². The van der Waals surface area contributed by atoms with Crippen LogP contribution in [0.5, 0.6) is 0 Å². The molecule has 1 spiro atoms. The van der Waals surface area contributed by atoms with Gasteiger partial charge in [-0.15, -0.1) is 0 Å². The zero-order valence-corrected chi connectivity index (χ0v) is 17.6. The SMILES string of the molecule is Cc1occc1C(=O)N1CCOCC2(CCN(Cc3ccco3)C2)C1.O=C(O)C(F)(F)F. The topological polar surface area (TPSA) is 96.4 Å². The number of aryl methyl sites for hydroxylation is 1. The van der Waals surface area contributed by atoms with E-state index in [1.807, 2.05) is 24.0 Å². The van der Waals surface area contributed by atoms with E-state index in [2.05, 4.69) is 4.90 Å². The molecule has 176 valence electrons. The number of alkyl halides is 3. The van der Waals surface area contributed by atoms with Gasteiger partial charge in [0.15, 0.2) is 0 Å². The Balaban J connectivity index is 0.000000360. The summed E-state index contributed by atoms with van der Waals surface area (Å²) < 4.78 is 48.4. The van der Waals surface area contributed by atoms with Crippen LogP contribution in [0.3, 0.4) is 0 Å². The summed E-state index contributed by atoms with van der Waals surface area (Å²) in [5.74, 6) is -1.06. The third-order valence-corrected chi connectivity index (χ3v) is 5.54. The summed E-state index contributed by atoms with van der Waals surface area (Å²) >= 11 is 0. The predicted octanol–water partition coefficient (Wildman–Crippen LogP) is 3.18. The van der Waals surface area contributed by atoms with Crippen LogP contribution in [0.15, 0.2) is 39.6 Å². The quantitative estimate of drug-likeness (QED) is 0.755. The first-order valence-electron chi connectivity index (χ1n) is 10.1. The molecule has 1 amide bonds. The maximum absolute atomic E-state index is 12.9. The van der Waals surface area contributed by atoms with Crippen LogP contribution in [-0.2, 0) is 16.1 Å². The minimum absolute atomic E-state index is 0.00358. The Morgan fingerprint density at radius 2 is 1.91 bits per heavy atom. The van der Waals surface area contributed by atoms with E-state index in [1.165, 1.54) is 0 Å². The van der Waals surface area contributed by atoms with Crippen LogP contribution < -0.4 is 0 Å². The first-order valence-corrected chi connectivity index (χ1v) is 10.1. The van der Waals surface area contributed by atoms with Crippen molar-refractivity contribution in [2.75, 3.05) is 39.4 Å². The van der Waals surface area contributed by atoms with Gasteiger partial charge in [0.05, 0.1) is 37.8 Å². The van der Waals surface area contributed by atoms with Crippen molar-refractivity contribution in [1.29, 1.82) is 0 Å². The van der Waals surface area contributed by atoms with Crippen molar-refractivity contribution >= 4 is 11.9 Å². The average molecular weight is 458 g/mol. The van der Waals surface area contributed by atoms with Crippen molar-refractivity contribution in [2.24, 2.45) is 5.41 Å². The van der Waals surface area contributed by atoms with Gasteiger partial charge in [-0.3, -0.25) is 9.69 Å². The summed E-state index contributed by atoms with van der Waals surface area (Å²) in [6, 6.07) is 5.68. The molecule has 4 heterocycles. The van der Waals surface area contributed by atoms with Crippen LogP contribution in [0.25, 0.3) is 0 Å². The number of carboxylic acids is 1. The largest absolute Gasteiger partial charge is 0.490 e. The lowest BCUT2D eigenvalue weighted by atomic mass is 9.87. The minimum atomic E-state index is -5.08. The monoisotopic (exact) mass is 458 g/mol. The molecule has 2 aromatic rings. The van der Waals surface area contributed by atoms with Crippen molar-refractivity contribution in [1.82, 2.24) is 9.80 Å². The molecule has 2 fully saturated rings. The standard InChI is InChI=1S/C19H24N2O4.C2HF3O2/c1-15-17(4-9-24-15)18(22)21-7-10-23-14-19(13-21)5-6-20(12-19)11-16-3-2-8-25-16;3-2(4,5)1(6)7/h2-4,8-9H,5-7,10-14H2,1H3;(H,6,7). The maximum atomic E-state index is 12.9. The first kappa shape index (κ1) is 23.9. The molecular weight excluding hydrogens is 433 g/mol. The molecule has 0 saturated carbocycles. The zero-order valence-electron chi connectivity index (χ0n) is 17.6.